The van der Waals surface area contributed by atoms with Gasteiger partial charge in [0.1, 0.15) is 11.9 Å². The number of esters is 1. The number of alkyl halides is 1. The summed E-state index contributed by atoms with van der Waals surface area (Å²) in [6.07, 6.45) is 4.20. The number of benzene rings is 1. The van der Waals surface area contributed by atoms with Gasteiger partial charge in [0.05, 0.1) is 17.1 Å². The van der Waals surface area contributed by atoms with Crippen molar-refractivity contribution in [2.24, 2.45) is 13.0 Å². The molecule has 200 valence electrons. The van der Waals surface area contributed by atoms with Crippen molar-refractivity contribution in [3.05, 3.63) is 51.9 Å². The SMILES string of the molecule is Cc1cc(-c2nc3cc(CNC(CCCl)C(=O)OC(C)C)ccc3n2CC2CCOCC2)cn(C)c1=O. The number of nitrogens with zero attached hydrogens (tertiary/aromatic N) is 3. The molecule has 1 saturated heterocycles. The fraction of sp³-hybridized carbons (Fsp3) is 0.536. The number of aryl methyl sites for hydroxylation is 2. The van der Waals surface area contributed by atoms with Gasteiger partial charge in [-0.05, 0) is 69.7 Å². The van der Waals surface area contributed by atoms with Gasteiger partial charge in [0, 0.05) is 56.6 Å². The number of pyridine rings is 1. The van der Waals surface area contributed by atoms with E-state index in [2.05, 4.69) is 28.1 Å². The van der Waals surface area contributed by atoms with E-state index >= 15 is 0 Å². The average molecular weight is 529 g/mol. The Morgan fingerprint density at radius 1 is 1.27 bits per heavy atom. The van der Waals surface area contributed by atoms with Crippen LogP contribution in [0, 0.1) is 12.8 Å². The van der Waals surface area contributed by atoms with E-state index in [0.29, 0.717) is 30.3 Å². The standard InChI is InChI=1S/C28H37ClN4O4/c1-18(2)37-28(35)23(7-10-29)30-15-21-5-6-25-24(14-21)31-26(22-13-19(3)27(34)32(4)17-22)33(25)16-20-8-11-36-12-9-20/h5-6,13-14,17-18,20,23,30H,7-12,15-16H2,1-4H3. The Hall–Kier alpha value is -2.68. The molecule has 1 fully saturated rings. The highest BCUT2D eigenvalue weighted by Crippen LogP contribution is 2.29. The van der Waals surface area contributed by atoms with Crippen molar-refractivity contribution in [1.29, 1.82) is 0 Å². The van der Waals surface area contributed by atoms with E-state index in [1.54, 1.807) is 11.6 Å². The number of fused-ring (bicyclic) bond motifs is 1. The lowest BCUT2D eigenvalue weighted by molar-refractivity contribution is -0.150. The molecule has 1 N–H and O–H groups in total. The molecule has 0 spiro atoms. The molecule has 1 aliphatic rings. The summed E-state index contributed by atoms with van der Waals surface area (Å²) >= 11 is 5.94. The summed E-state index contributed by atoms with van der Waals surface area (Å²) in [7, 11) is 1.77. The Balaban J connectivity index is 1.66. The molecule has 1 aliphatic heterocycles. The van der Waals surface area contributed by atoms with Gasteiger partial charge < -0.3 is 23.9 Å². The number of aromatic nitrogens is 3. The van der Waals surface area contributed by atoms with Crippen LogP contribution >= 0.6 is 11.6 Å². The molecule has 8 nitrogen and oxygen atoms in total. The molecule has 9 heteroatoms. The van der Waals surface area contributed by atoms with Crippen molar-refractivity contribution in [3.8, 4) is 11.4 Å². The number of imidazole rings is 1. The zero-order valence-electron chi connectivity index (χ0n) is 22.1. The van der Waals surface area contributed by atoms with E-state index in [9.17, 15) is 9.59 Å². The van der Waals surface area contributed by atoms with Gasteiger partial charge in [-0.1, -0.05) is 6.07 Å². The van der Waals surface area contributed by atoms with E-state index < -0.39 is 6.04 Å². The molecule has 37 heavy (non-hydrogen) atoms. The van der Waals surface area contributed by atoms with E-state index in [1.807, 2.05) is 33.0 Å². The van der Waals surface area contributed by atoms with Crippen molar-refractivity contribution in [3.63, 3.8) is 0 Å². The summed E-state index contributed by atoms with van der Waals surface area (Å²) in [6.45, 7) is 8.41. The summed E-state index contributed by atoms with van der Waals surface area (Å²) in [4.78, 5) is 29.8. The number of ether oxygens (including phenoxy) is 2. The Morgan fingerprint density at radius 2 is 2.03 bits per heavy atom. The summed E-state index contributed by atoms with van der Waals surface area (Å²) in [5.41, 5.74) is 4.55. The third kappa shape index (κ3) is 6.61. The Kier molecular flexibility index (Phi) is 9.05. The van der Waals surface area contributed by atoms with Crippen LogP contribution in [-0.4, -0.2) is 51.3 Å². The van der Waals surface area contributed by atoms with Crippen molar-refractivity contribution >= 4 is 28.6 Å². The van der Waals surface area contributed by atoms with Gasteiger partial charge in [-0.3, -0.25) is 9.59 Å². The number of rotatable bonds is 10. The summed E-state index contributed by atoms with van der Waals surface area (Å²) in [5, 5.41) is 3.30. The molecule has 1 atom stereocenters. The molecule has 1 aromatic carbocycles. The van der Waals surface area contributed by atoms with Gasteiger partial charge in [-0.25, -0.2) is 4.98 Å². The first-order chi connectivity index (χ1) is 17.8. The Labute approximate surface area is 222 Å². The van der Waals surface area contributed by atoms with Gasteiger partial charge in [-0.2, -0.15) is 0 Å². The summed E-state index contributed by atoms with van der Waals surface area (Å²) in [5.74, 6) is 1.43. The van der Waals surface area contributed by atoms with Crippen molar-refractivity contribution < 1.29 is 14.3 Å². The smallest absolute Gasteiger partial charge is 0.323 e. The number of hydrogen-bond acceptors (Lipinski definition) is 6. The highest BCUT2D eigenvalue weighted by Gasteiger charge is 2.22. The molecular formula is C28H37ClN4O4. The third-order valence-corrected chi connectivity index (χ3v) is 7.02. The highest BCUT2D eigenvalue weighted by atomic mass is 35.5. The second-order valence-electron chi connectivity index (χ2n) is 10.1. The zero-order valence-corrected chi connectivity index (χ0v) is 22.9. The molecule has 0 radical (unpaired) electrons. The maximum absolute atomic E-state index is 12.5. The third-order valence-electron chi connectivity index (χ3n) is 6.80. The molecule has 0 bridgehead atoms. The maximum atomic E-state index is 12.5. The van der Waals surface area contributed by atoms with Crippen molar-refractivity contribution in [2.75, 3.05) is 19.1 Å². The minimum Gasteiger partial charge on any atom is -0.462 e. The Bertz CT molecular complexity index is 1270. The topological polar surface area (TPSA) is 87.4 Å². The molecule has 0 aliphatic carbocycles. The molecule has 0 amide bonds. The fourth-order valence-corrected chi connectivity index (χ4v) is 5.06. The lowest BCUT2D eigenvalue weighted by atomic mass is 10.00. The van der Waals surface area contributed by atoms with E-state index in [0.717, 1.165) is 60.6 Å². The van der Waals surface area contributed by atoms with Crippen molar-refractivity contribution in [1.82, 2.24) is 19.4 Å². The van der Waals surface area contributed by atoms with Crippen LogP contribution in [-0.2, 0) is 34.4 Å². The molecule has 0 saturated carbocycles. The van der Waals surface area contributed by atoms with E-state index in [1.165, 1.54) is 0 Å². The first-order valence-electron chi connectivity index (χ1n) is 13.0. The second-order valence-corrected chi connectivity index (χ2v) is 10.5. The molecule has 1 unspecified atom stereocenters. The minimum atomic E-state index is -0.467. The van der Waals surface area contributed by atoms with Gasteiger partial charge in [0.25, 0.3) is 5.56 Å². The highest BCUT2D eigenvalue weighted by molar-refractivity contribution is 6.18. The molecule has 3 aromatic rings. The van der Waals surface area contributed by atoms with Gasteiger partial charge in [-0.15, -0.1) is 11.6 Å². The lowest BCUT2D eigenvalue weighted by Crippen LogP contribution is -2.39. The van der Waals surface area contributed by atoms with Crippen LogP contribution in [0.2, 0.25) is 0 Å². The fourth-order valence-electron chi connectivity index (χ4n) is 4.85. The minimum absolute atomic E-state index is 0.00769. The molecule has 2 aromatic heterocycles. The molecular weight excluding hydrogens is 492 g/mol. The zero-order chi connectivity index (χ0) is 26.5. The maximum Gasteiger partial charge on any atom is 0.323 e. The van der Waals surface area contributed by atoms with E-state index in [4.69, 9.17) is 26.1 Å². The lowest BCUT2D eigenvalue weighted by Gasteiger charge is -2.23. The van der Waals surface area contributed by atoms with E-state index in [-0.39, 0.29) is 17.6 Å². The number of nitrogens with one attached hydrogen (secondary N) is 1. The monoisotopic (exact) mass is 528 g/mol. The average Bonchev–Trinajstić information content (AvgIpc) is 3.22. The quantitative estimate of drug-likeness (QED) is 0.314. The second kappa shape index (κ2) is 12.2. The summed E-state index contributed by atoms with van der Waals surface area (Å²) in [6, 6.07) is 7.68. The summed E-state index contributed by atoms with van der Waals surface area (Å²) < 4.78 is 14.8. The number of halogens is 1. The van der Waals surface area contributed by atoms with Gasteiger partial charge in [0.15, 0.2) is 0 Å². The first kappa shape index (κ1) is 27.4. The molecule has 3 heterocycles. The largest absolute Gasteiger partial charge is 0.462 e. The molecule has 4 rings (SSSR count). The number of carbonyl (C=O) groups excluding carboxylic acids is 1. The predicted molar refractivity (Wildman–Crippen MR) is 146 cm³/mol. The number of hydrogen-bond donors (Lipinski definition) is 1. The van der Waals surface area contributed by atoms with Crippen LogP contribution < -0.4 is 10.9 Å². The van der Waals surface area contributed by atoms with Crippen LogP contribution in [0.1, 0.15) is 44.2 Å². The van der Waals surface area contributed by atoms with Crippen LogP contribution in [0.5, 0.6) is 0 Å². The van der Waals surface area contributed by atoms with Crippen LogP contribution in [0.3, 0.4) is 0 Å². The van der Waals surface area contributed by atoms with Crippen LogP contribution in [0.4, 0.5) is 0 Å². The van der Waals surface area contributed by atoms with Gasteiger partial charge >= 0.3 is 5.97 Å². The normalized spacial score (nSPS) is 15.4. The van der Waals surface area contributed by atoms with Crippen LogP contribution in [0.15, 0.2) is 35.3 Å². The number of carbonyl (C=O) groups is 1. The predicted octanol–water partition coefficient (Wildman–Crippen LogP) is 4.18. The first-order valence-corrected chi connectivity index (χ1v) is 13.5. The van der Waals surface area contributed by atoms with Gasteiger partial charge in [0.2, 0.25) is 0 Å². The Morgan fingerprint density at radius 3 is 2.70 bits per heavy atom. The van der Waals surface area contributed by atoms with Crippen LogP contribution in [0.25, 0.3) is 22.4 Å². The van der Waals surface area contributed by atoms with Crippen molar-refractivity contribution in [2.45, 2.75) is 65.3 Å².